The SMILES string of the molecule is CC(C)(C)OC(=O)CC[C@@H](CO)NC(=O)[C@H]1CCCN1C(=O)C1=C[C@H]2OC(C3CC3)(C3CC3)O[C@H]2[C@H](OC(=O)c2cccc(C=CCO[C@H]3O[C@H](CO)[C@H](O)[C@H](O)[C@H]3O)c2)C1. The average Bonchev–Trinajstić information content (AvgIpc) is 4.18. The minimum Gasteiger partial charge on any atom is -0.460 e. The third kappa shape index (κ3) is 10.5. The van der Waals surface area contributed by atoms with Gasteiger partial charge in [0.1, 0.15) is 54.4 Å². The second kappa shape index (κ2) is 18.9. The zero-order valence-corrected chi connectivity index (χ0v) is 34.9. The molecule has 0 bridgehead atoms. The Kier molecular flexibility index (Phi) is 14.0. The van der Waals surface area contributed by atoms with Crippen molar-refractivity contribution in [3.63, 3.8) is 0 Å². The molecule has 0 spiro atoms. The number of hydrogen-bond acceptors (Lipinski definition) is 15. The van der Waals surface area contributed by atoms with Crippen molar-refractivity contribution in [2.45, 2.75) is 151 Å². The molecule has 10 atom stereocenters. The van der Waals surface area contributed by atoms with E-state index in [1.807, 2.05) is 0 Å². The highest BCUT2D eigenvalue weighted by Gasteiger charge is 2.64. The fourth-order valence-corrected chi connectivity index (χ4v) is 8.73. The summed E-state index contributed by atoms with van der Waals surface area (Å²) in [5, 5.41) is 52.6. The first kappa shape index (κ1) is 45.3. The molecule has 336 valence electrons. The van der Waals surface area contributed by atoms with Crippen molar-refractivity contribution in [1.82, 2.24) is 10.2 Å². The molecular formula is C44H60N2O15. The molecule has 2 amide bonds. The Labute approximate surface area is 354 Å². The topological polar surface area (TPSA) is 240 Å². The number of carbonyl (C=O) groups is 4. The summed E-state index contributed by atoms with van der Waals surface area (Å²) < 4.78 is 36.0. The van der Waals surface area contributed by atoms with E-state index in [0.29, 0.717) is 30.5 Å². The standard InChI is InChI=1S/C44H60N2O15/c1-43(2,3)60-34(49)16-15-29(22-47)45-39(53)30-10-5-17-46(30)40(54)26-20-31(38-32(21-26)59-44(61-38,27-11-12-27)28-13-14-28)57-41(55)25-9-4-7-24(19-25)8-6-18-56-42-37(52)36(51)35(50)33(23-48)58-42/h4,6-9,19,21,27-33,35-38,42,47-48,50-52H,5,10-18,20,22-23H2,1-3H3,(H,45,53)/t29-,30+,31+,32+,33+,35-,36-,37+,38-,42-/m0/s1. The second-order valence-corrected chi connectivity index (χ2v) is 18.0. The van der Waals surface area contributed by atoms with E-state index in [-0.39, 0.29) is 49.2 Å². The summed E-state index contributed by atoms with van der Waals surface area (Å²) in [7, 11) is 0. The number of rotatable bonds is 16. The van der Waals surface area contributed by atoms with Gasteiger partial charge in [-0.05, 0) is 89.5 Å². The number of aliphatic hydroxyl groups excluding tert-OH is 5. The number of esters is 2. The Hall–Kier alpha value is -3.78. The van der Waals surface area contributed by atoms with E-state index in [2.05, 4.69) is 5.32 Å². The molecule has 0 unspecified atom stereocenters. The summed E-state index contributed by atoms with van der Waals surface area (Å²) in [4.78, 5) is 55.7. The molecule has 7 rings (SSSR count). The monoisotopic (exact) mass is 856 g/mol. The van der Waals surface area contributed by atoms with Crippen LogP contribution < -0.4 is 5.32 Å². The molecule has 61 heavy (non-hydrogen) atoms. The van der Waals surface area contributed by atoms with Gasteiger partial charge in [-0.15, -0.1) is 0 Å². The number of amides is 2. The first-order valence-corrected chi connectivity index (χ1v) is 21.5. The van der Waals surface area contributed by atoms with Crippen LogP contribution in [0, 0.1) is 11.8 Å². The lowest BCUT2D eigenvalue weighted by atomic mass is 9.91. The third-order valence-electron chi connectivity index (χ3n) is 12.1. The molecule has 1 aromatic carbocycles. The Balaban J connectivity index is 1.01. The van der Waals surface area contributed by atoms with Crippen LogP contribution in [0.3, 0.4) is 0 Å². The van der Waals surface area contributed by atoms with Gasteiger partial charge >= 0.3 is 11.9 Å². The molecule has 6 aliphatic rings. The Bertz CT molecular complexity index is 1810. The zero-order chi connectivity index (χ0) is 43.6. The van der Waals surface area contributed by atoms with Crippen LogP contribution in [-0.2, 0) is 42.8 Å². The van der Waals surface area contributed by atoms with Crippen LogP contribution in [0.15, 0.2) is 42.0 Å². The van der Waals surface area contributed by atoms with Gasteiger partial charge in [-0.25, -0.2) is 4.79 Å². The normalized spacial score (nSPS) is 31.6. The number of carbonyl (C=O) groups excluding carboxylic acids is 4. The van der Waals surface area contributed by atoms with E-state index in [9.17, 15) is 44.7 Å². The number of ether oxygens (including phenoxy) is 6. The number of nitrogens with one attached hydrogen (secondary N) is 1. The van der Waals surface area contributed by atoms with E-state index in [0.717, 1.165) is 25.7 Å². The summed E-state index contributed by atoms with van der Waals surface area (Å²) in [6, 6.07) is 5.16. The number of benzene rings is 1. The van der Waals surface area contributed by atoms with E-state index in [1.165, 1.54) is 4.90 Å². The molecule has 17 nitrogen and oxygen atoms in total. The number of likely N-dealkylation sites (tertiary alicyclic amines) is 1. The summed E-state index contributed by atoms with van der Waals surface area (Å²) in [6.45, 7) is 4.58. The van der Waals surface area contributed by atoms with Crippen molar-refractivity contribution in [1.29, 1.82) is 0 Å². The first-order valence-electron chi connectivity index (χ1n) is 21.5. The lowest BCUT2D eigenvalue weighted by molar-refractivity contribution is -0.298. The lowest BCUT2D eigenvalue weighted by Crippen LogP contribution is -2.59. The van der Waals surface area contributed by atoms with Crippen molar-refractivity contribution in [3.8, 4) is 0 Å². The van der Waals surface area contributed by atoms with Crippen LogP contribution in [0.2, 0.25) is 0 Å². The molecule has 17 heteroatoms. The van der Waals surface area contributed by atoms with Gasteiger partial charge in [0.2, 0.25) is 11.8 Å². The highest BCUT2D eigenvalue weighted by molar-refractivity contribution is 5.98. The Morgan fingerprint density at radius 1 is 1.00 bits per heavy atom. The third-order valence-corrected chi connectivity index (χ3v) is 12.1. The van der Waals surface area contributed by atoms with Gasteiger partial charge < -0.3 is 64.2 Å². The predicted molar refractivity (Wildman–Crippen MR) is 214 cm³/mol. The fourth-order valence-electron chi connectivity index (χ4n) is 8.73. The van der Waals surface area contributed by atoms with E-state index in [4.69, 9.17) is 28.4 Å². The van der Waals surface area contributed by atoms with Gasteiger partial charge in [-0.2, -0.15) is 0 Å². The quantitative estimate of drug-likeness (QED) is 0.128. The van der Waals surface area contributed by atoms with E-state index in [1.54, 1.807) is 63.3 Å². The molecule has 0 radical (unpaired) electrons. The van der Waals surface area contributed by atoms with Gasteiger partial charge in [0.25, 0.3) is 0 Å². The van der Waals surface area contributed by atoms with Crippen molar-refractivity contribution >= 4 is 29.8 Å². The molecular weight excluding hydrogens is 796 g/mol. The Morgan fingerprint density at radius 3 is 2.41 bits per heavy atom. The molecule has 0 aromatic heterocycles. The number of nitrogens with zero attached hydrogens (tertiary/aromatic N) is 1. The summed E-state index contributed by atoms with van der Waals surface area (Å²) in [6.07, 6.45) is 0.909. The van der Waals surface area contributed by atoms with Gasteiger partial charge in [0.05, 0.1) is 31.4 Å². The lowest BCUT2D eigenvalue weighted by Gasteiger charge is -2.39. The molecule has 3 aliphatic heterocycles. The van der Waals surface area contributed by atoms with E-state index < -0.39 is 104 Å². The zero-order valence-electron chi connectivity index (χ0n) is 34.9. The summed E-state index contributed by atoms with van der Waals surface area (Å²) in [5.74, 6) is -2.27. The number of hydrogen-bond donors (Lipinski definition) is 6. The van der Waals surface area contributed by atoms with E-state index >= 15 is 0 Å². The first-order chi connectivity index (χ1) is 29.1. The van der Waals surface area contributed by atoms with Crippen LogP contribution in [0.1, 0.15) is 94.5 Å². The van der Waals surface area contributed by atoms with Crippen LogP contribution in [0.4, 0.5) is 0 Å². The molecule has 6 N–H and O–H groups in total. The number of fused-ring (bicyclic) bond motifs is 1. The van der Waals surface area contributed by atoms with Crippen LogP contribution >= 0.6 is 0 Å². The second-order valence-electron chi connectivity index (χ2n) is 18.0. The predicted octanol–water partition coefficient (Wildman–Crippen LogP) is 1.26. The highest BCUT2D eigenvalue weighted by atomic mass is 16.8. The van der Waals surface area contributed by atoms with Crippen LogP contribution in [0.25, 0.3) is 6.08 Å². The Morgan fingerprint density at radius 2 is 1.74 bits per heavy atom. The van der Waals surface area contributed by atoms with Crippen molar-refractivity contribution in [2.24, 2.45) is 11.8 Å². The van der Waals surface area contributed by atoms with Gasteiger partial charge in [-0.1, -0.05) is 24.3 Å². The average molecular weight is 857 g/mol. The van der Waals surface area contributed by atoms with Gasteiger partial charge in [-0.3, -0.25) is 14.4 Å². The summed E-state index contributed by atoms with van der Waals surface area (Å²) >= 11 is 0. The minimum absolute atomic E-state index is 0.00138. The molecule has 2 saturated carbocycles. The molecule has 3 saturated heterocycles. The summed E-state index contributed by atoms with van der Waals surface area (Å²) in [5.41, 5.74) is 0.554. The largest absolute Gasteiger partial charge is 0.460 e. The maximum Gasteiger partial charge on any atom is 0.338 e. The molecule has 3 heterocycles. The highest BCUT2D eigenvalue weighted by Crippen LogP contribution is 2.59. The van der Waals surface area contributed by atoms with Crippen LogP contribution in [-0.4, -0.2) is 153 Å². The minimum atomic E-state index is -1.56. The van der Waals surface area contributed by atoms with Gasteiger partial charge in [0, 0.05) is 36.8 Å². The molecule has 5 fully saturated rings. The molecule has 1 aromatic rings. The molecule has 3 aliphatic carbocycles. The fraction of sp³-hybridized carbons (Fsp3) is 0.682. The number of aliphatic hydroxyl groups is 5. The smallest absolute Gasteiger partial charge is 0.338 e. The maximum absolute atomic E-state index is 14.4. The van der Waals surface area contributed by atoms with Crippen molar-refractivity contribution < 1.29 is 73.1 Å². The van der Waals surface area contributed by atoms with Gasteiger partial charge in [0.15, 0.2) is 12.1 Å². The maximum atomic E-state index is 14.4. The van der Waals surface area contributed by atoms with Crippen molar-refractivity contribution in [3.05, 3.63) is 53.1 Å². The van der Waals surface area contributed by atoms with Crippen molar-refractivity contribution in [2.75, 3.05) is 26.4 Å². The van der Waals surface area contributed by atoms with Crippen LogP contribution in [0.5, 0.6) is 0 Å².